The van der Waals surface area contributed by atoms with E-state index in [2.05, 4.69) is 29.6 Å². The summed E-state index contributed by atoms with van der Waals surface area (Å²) in [5.41, 5.74) is 0. The summed E-state index contributed by atoms with van der Waals surface area (Å²) in [6, 6.07) is 0. The fraction of sp³-hybridized carbons (Fsp3) is 0.600. The Hall–Kier alpha value is -0.130. The van der Waals surface area contributed by atoms with Gasteiger partial charge >= 0.3 is 0 Å². The monoisotopic (exact) mass is 180 g/mol. The lowest BCUT2D eigenvalue weighted by atomic mass is 10.3. The van der Waals surface area contributed by atoms with E-state index in [1.165, 1.54) is 7.11 Å². The van der Waals surface area contributed by atoms with Gasteiger partial charge in [-0.1, -0.05) is 0 Å². The van der Waals surface area contributed by atoms with Crippen molar-refractivity contribution in [3.8, 4) is 0 Å². The Labute approximate surface area is 69.8 Å². The van der Waals surface area contributed by atoms with Gasteiger partial charge in [0, 0.05) is 0 Å². The molecule has 1 atom stereocenters. The molecule has 58 valence electrons. The fourth-order valence-corrected chi connectivity index (χ4v) is 0.641. The molecule has 0 rings (SSSR count). The number of rotatable bonds is 3. The smallest absolute Gasteiger partial charge is 0.189 e. The van der Waals surface area contributed by atoms with Gasteiger partial charge in [-0.25, -0.2) is 0 Å². The Balaban J connectivity index is 3.72. The van der Waals surface area contributed by atoms with Gasteiger partial charge < -0.3 is 9.84 Å². The molecule has 0 radical (unpaired) electrons. The number of methoxy groups -OCH3 is 1. The SMILES string of the molecule is COC(=S)C(O)CC(=O)S. The second-order valence-corrected chi connectivity index (χ2v) is 2.54. The van der Waals surface area contributed by atoms with Gasteiger partial charge in [-0.2, -0.15) is 0 Å². The van der Waals surface area contributed by atoms with Crippen molar-refractivity contribution in [2.24, 2.45) is 0 Å². The molecule has 0 spiro atoms. The molecule has 0 heterocycles. The van der Waals surface area contributed by atoms with Crippen LogP contribution in [0.15, 0.2) is 0 Å². The van der Waals surface area contributed by atoms with Crippen molar-refractivity contribution in [2.45, 2.75) is 12.5 Å². The van der Waals surface area contributed by atoms with E-state index in [0.717, 1.165) is 0 Å². The number of aliphatic hydroxyl groups is 1. The largest absolute Gasteiger partial charge is 0.488 e. The van der Waals surface area contributed by atoms with Crippen LogP contribution in [0, 0.1) is 0 Å². The normalized spacial score (nSPS) is 12.3. The highest BCUT2D eigenvalue weighted by Gasteiger charge is 2.12. The number of ether oxygens (including phenoxy) is 1. The average Bonchev–Trinajstić information content (AvgIpc) is 1.85. The Kier molecular flexibility index (Phi) is 4.59. The van der Waals surface area contributed by atoms with Crippen LogP contribution < -0.4 is 0 Å². The van der Waals surface area contributed by atoms with Crippen molar-refractivity contribution in [1.29, 1.82) is 0 Å². The fourth-order valence-electron chi connectivity index (χ4n) is 0.385. The third kappa shape index (κ3) is 3.81. The van der Waals surface area contributed by atoms with E-state index >= 15 is 0 Å². The van der Waals surface area contributed by atoms with E-state index < -0.39 is 11.2 Å². The van der Waals surface area contributed by atoms with Crippen LogP contribution in [0.4, 0.5) is 0 Å². The Morgan fingerprint density at radius 2 is 2.40 bits per heavy atom. The molecule has 5 heteroatoms. The van der Waals surface area contributed by atoms with Gasteiger partial charge in [-0.05, 0) is 12.2 Å². The van der Waals surface area contributed by atoms with Gasteiger partial charge in [-0.15, -0.1) is 12.6 Å². The number of carbonyl (C=O) groups excluding carboxylic acids is 1. The first-order valence-corrected chi connectivity index (χ1v) is 3.41. The number of aliphatic hydroxyl groups excluding tert-OH is 1. The minimum atomic E-state index is -1.01. The van der Waals surface area contributed by atoms with E-state index in [1.807, 2.05) is 0 Å². The van der Waals surface area contributed by atoms with Crippen LogP contribution in [0.2, 0.25) is 0 Å². The molecule has 1 unspecified atom stereocenters. The summed E-state index contributed by atoms with van der Waals surface area (Å²) < 4.78 is 4.51. The Morgan fingerprint density at radius 3 is 2.70 bits per heavy atom. The van der Waals surface area contributed by atoms with E-state index in [4.69, 9.17) is 5.11 Å². The summed E-state index contributed by atoms with van der Waals surface area (Å²) >= 11 is 7.99. The van der Waals surface area contributed by atoms with Crippen LogP contribution >= 0.6 is 24.8 Å². The molecule has 1 N–H and O–H groups in total. The maximum atomic E-state index is 10.3. The third-order valence-corrected chi connectivity index (χ3v) is 1.46. The lowest BCUT2D eigenvalue weighted by Crippen LogP contribution is -2.21. The third-order valence-electron chi connectivity index (χ3n) is 0.841. The van der Waals surface area contributed by atoms with Gasteiger partial charge in [0.2, 0.25) is 0 Å². The molecule has 0 aliphatic heterocycles. The van der Waals surface area contributed by atoms with Crippen molar-refractivity contribution in [3.63, 3.8) is 0 Å². The van der Waals surface area contributed by atoms with Crippen LogP contribution in [-0.4, -0.2) is 28.5 Å². The molecule has 0 amide bonds. The highest BCUT2D eigenvalue weighted by molar-refractivity contribution is 7.96. The maximum Gasteiger partial charge on any atom is 0.189 e. The molecule has 0 saturated carbocycles. The van der Waals surface area contributed by atoms with Gasteiger partial charge in [0.1, 0.15) is 6.10 Å². The quantitative estimate of drug-likeness (QED) is 0.480. The van der Waals surface area contributed by atoms with E-state index in [0.29, 0.717) is 0 Å². The van der Waals surface area contributed by atoms with E-state index in [-0.39, 0.29) is 11.5 Å². The first-order valence-electron chi connectivity index (χ1n) is 2.55. The molecule has 10 heavy (non-hydrogen) atoms. The first-order chi connectivity index (χ1) is 4.57. The Morgan fingerprint density at radius 1 is 1.90 bits per heavy atom. The highest BCUT2D eigenvalue weighted by Crippen LogP contribution is 1.99. The second-order valence-electron chi connectivity index (χ2n) is 1.64. The topological polar surface area (TPSA) is 46.5 Å². The van der Waals surface area contributed by atoms with Crippen molar-refractivity contribution in [2.75, 3.05) is 7.11 Å². The highest BCUT2D eigenvalue weighted by atomic mass is 32.1. The zero-order chi connectivity index (χ0) is 8.15. The molecule has 0 bridgehead atoms. The number of hydrogen-bond donors (Lipinski definition) is 2. The zero-order valence-corrected chi connectivity index (χ0v) is 7.11. The summed E-state index contributed by atoms with van der Waals surface area (Å²) in [5, 5.41) is 8.56. The van der Waals surface area contributed by atoms with Crippen LogP contribution in [-0.2, 0) is 9.53 Å². The zero-order valence-electron chi connectivity index (χ0n) is 5.40. The molecule has 0 aliphatic carbocycles. The van der Waals surface area contributed by atoms with Crippen LogP contribution in [0.1, 0.15) is 6.42 Å². The lowest BCUT2D eigenvalue weighted by Gasteiger charge is -2.06. The maximum absolute atomic E-state index is 10.3. The van der Waals surface area contributed by atoms with Gasteiger partial charge in [-0.3, -0.25) is 4.79 Å². The number of thiol groups is 1. The molecule has 0 aromatic rings. The summed E-state index contributed by atoms with van der Waals surface area (Å²) in [5.74, 6) is 0. The molecule has 0 saturated heterocycles. The van der Waals surface area contributed by atoms with Crippen molar-refractivity contribution in [1.82, 2.24) is 0 Å². The minimum Gasteiger partial charge on any atom is -0.488 e. The second kappa shape index (κ2) is 4.65. The Bertz CT molecular complexity index is 146. The summed E-state index contributed by atoms with van der Waals surface area (Å²) in [4.78, 5) is 10.3. The molecular weight excluding hydrogens is 172 g/mol. The minimum absolute atomic E-state index is 0.0161. The van der Waals surface area contributed by atoms with Crippen LogP contribution in [0.5, 0.6) is 0 Å². The van der Waals surface area contributed by atoms with Crippen LogP contribution in [0.3, 0.4) is 0 Å². The predicted molar refractivity (Wildman–Crippen MR) is 44.2 cm³/mol. The van der Waals surface area contributed by atoms with Crippen molar-refractivity contribution in [3.05, 3.63) is 0 Å². The van der Waals surface area contributed by atoms with Gasteiger partial charge in [0.25, 0.3) is 0 Å². The molecular formula is C5H8O3S2. The lowest BCUT2D eigenvalue weighted by molar-refractivity contribution is -0.111. The van der Waals surface area contributed by atoms with Gasteiger partial charge in [0.15, 0.2) is 10.2 Å². The van der Waals surface area contributed by atoms with Gasteiger partial charge in [0.05, 0.1) is 13.5 Å². The summed E-state index contributed by atoms with van der Waals surface area (Å²) in [7, 11) is 1.34. The average molecular weight is 180 g/mol. The molecule has 0 aliphatic rings. The predicted octanol–water partition coefficient (Wildman–Crippen LogP) is 0.168. The molecule has 3 nitrogen and oxygen atoms in total. The van der Waals surface area contributed by atoms with Crippen molar-refractivity contribution < 1.29 is 14.6 Å². The molecule has 0 fully saturated rings. The number of hydrogen-bond acceptors (Lipinski definition) is 4. The molecule has 0 aromatic heterocycles. The molecule has 0 aromatic carbocycles. The van der Waals surface area contributed by atoms with E-state index in [1.54, 1.807) is 0 Å². The number of thiocarbonyl (C=S) groups is 1. The van der Waals surface area contributed by atoms with E-state index in [9.17, 15) is 4.79 Å². The summed E-state index contributed by atoms with van der Waals surface area (Å²) in [6.07, 6.45) is -1.11. The van der Waals surface area contributed by atoms with Crippen molar-refractivity contribution >= 4 is 35.0 Å². The standard InChI is InChI=1S/C5H8O3S2/c1-8-5(10)3(6)2-4(7)9/h3,6H,2H2,1H3,(H,7,9). The number of carbonyl (C=O) groups is 1. The first kappa shape index (κ1) is 9.87. The van der Waals surface area contributed by atoms with Crippen LogP contribution in [0.25, 0.3) is 0 Å². The summed E-state index contributed by atoms with van der Waals surface area (Å²) in [6.45, 7) is 0.